The molecule has 0 aliphatic carbocycles. The minimum Gasteiger partial charge on any atom is -0.326 e. The first-order valence-electron chi connectivity index (χ1n) is 11.9. The molecule has 0 saturated carbocycles. The van der Waals surface area contributed by atoms with Crippen LogP contribution >= 0.6 is 11.8 Å². The molecule has 0 unspecified atom stereocenters. The van der Waals surface area contributed by atoms with Crippen LogP contribution in [0.15, 0.2) is 89.0 Å². The van der Waals surface area contributed by atoms with Crippen LogP contribution < -0.4 is 5.32 Å². The second kappa shape index (κ2) is 10.5. The van der Waals surface area contributed by atoms with Gasteiger partial charge in [0.1, 0.15) is 11.1 Å². The van der Waals surface area contributed by atoms with E-state index < -0.39 is 11.1 Å². The summed E-state index contributed by atoms with van der Waals surface area (Å²) in [7, 11) is 0. The normalized spacial score (nSPS) is 19.3. The van der Waals surface area contributed by atoms with Gasteiger partial charge < -0.3 is 5.32 Å². The quantitative estimate of drug-likeness (QED) is 0.481. The predicted octanol–water partition coefficient (Wildman–Crippen LogP) is 5.57. The lowest BCUT2D eigenvalue weighted by Crippen LogP contribution is -2.25. The van der Waals surface area contributed by atoms with Crippen molar-refractivity contribution >= 4 is 40.1 Å². The number of carbonyl (C=O) groups excluding carboxylic acids is 2. The van der Waals surface area contributed by atoms with Crippen molar-refractivity contribution in [1.29, 1.82) is 0 Å². The Kier molecular flexibility index (Phi) is 6.95. The van der Waals surface area contributed by atoms with Crippen LogP contribution in [0.25, 0.3) is 0 Å². The number of amidine groups is 1. The van der Waals surface area contributed by atoms with Gasteiger partial charge in [-0.1, -0.05) is 79.3 Å². The zero-order valence-electron chi connectivity index (χ0n) is 19.7. The van der Waals surface area contributed by atoms with Gasteiger partial charge in [0.15, 0.2) is 5.17 Å². The largest absolute Gasteiger partial charge is 0.326 e. The lowest BCUT2D eigenvalue weighted by molar-refractivity contribution is -0.121. The highest BCUT2D eigenvalue weighted by molar-refractivity contribution is 8.15. The number of benzene rings is 3. The van der Waals surface area contributed by atoms with Crippen LogP contribution in [0, 0.1) is 5.82 Å². The number of nitrogens with zero attached hydrogens (tertiary/aromatic N) is 3. The van der Waals surface area contributed by atoms with Gasteiger partial charge in [-0.3, -0.25) is 9.59 Å². The van der Waals surface area contributed by atoms with Crippen LogP contribution in [0.1, 0.15) is 42.5 Å². The molecule has 8 heteroatoms. The van der Waals surface area contributed by atoms with Crippen LogP contribution in [-0.4, -0.2) is 33.0 Å². The van der Waals surface area contributed by atoms with Gasteiger partial charge in [0.25, 0.3) is 5.91 Å². The van der Waals surface area contributed by atoms with Gasteiger partial charge >= 0.3 is 0 Å². The molecule has 6 nitrogen and oxygen atoms in total. The van der Waals surface area contributed by atoms with Gasteiger partial charge in [0.2, 0.25) is 5.91 Å². The average Bonchev–Trinajstić information content (AvgIpc) is 3.48. The van der Waals surface area contributed by atoms with Gasteiger partial charge in [-0.15, -0.1) is 0 Å². The fourth-order valence-corrected chi connectivity index (χ4v) is 5.34. The minimum absolute atomic E-state index is 0.0635. The molecular formula is C28H25FN4O2S. The van der Waals surface area contributed by atoms with E-state index in [2.05, 4.69) is 41.5 Å². The number of hydrazone groups is 1. The second-order valence-corrected chi connectivity index (χ2v) is 9.84. The molecule has 36 heavy (non-hydrogen) atoms. The van der Waals surface area contributed by atoms with Crippen LogP contribution in [-0.2, 0) is 16.0 Å². The highest BCUT2D eigenvalue weighted by Gasteiger charge is 2.39. The summed E-state index contributed by atoms with van der Waals surface area (Å²) in [5.41, 5.74) is 4.63. The molecule has 3 aromatic rings. The molecule has 5 rings (SSSR count). The molecule has 0 spiro atoms. The molecule has 2 atom stereocenters. The van der Waals surface area contributed by atoms with Gasteiger partial charge in [-0.05, 0) is 41.3 Å². The molecule has 2 aliphatic heterocycles. The van der Waals surface area contributed by atoms with Crippen LogP contribution in [0.3, 0.4) is 0 Å². The summed E-state index contributed by atoms with van der Waals surface area (Å²) in [5, 5.41) is 9.16. The van der Waals surface area contributed by atoms with Gasteiger partial charge in [-0.2, -0.15) is 10.1 Å². The van der Waals surface area contributed by atoms with Crippen LogP contribution in [0.2, 0.25) is 0 Å². The summed E-state index contributed by atoms with van der Waals surface area (Å²) >= 11 is 1.25. The highest BCUT2D eigenvalue weighted by Crippen LogP contribution is 2.38. The fraction of sp³-hybridized carbons (Fsp3) is 0.214. The molecule has 1 N–H and O–H groups in total. The molecule has 3 aromatic carbocycles. The zero-order valence-corrected chi connectivity index (χ0v) is 20.5. The van der Waals surface area contributed by atoms with E-state index in [1.54, 1.807) is 6.07 Å². The Labute approximate surface area is 213 Å². The maximum Gasteiger partial charge on any atom is 0.262 e. The molecule has 2 amide bonds. The molecule has 182 valence electrons. The summed E-state index contributed by atoms with van der Waals surface area (Å²) in [5.74, 6) is -1.18. The third-order valence-electron chi connectivity index (χ3n) is 6.19. The maximum atomic E-state index is 13.4. The summed E-state index contributed by atoms with van der Waals surface area (Å²) < 4.78 is 13.4. The van der Waals surface area contributed by atoms with Crippen molar-refractivity contribution in [2.45, 2.75) is 37.5 Å². The summed E-state index contributed by atoms with van der Waals surface area (Å²) in [6.45, 7) is 2.12. The summed E-state index contributed by atoms with van der Waals surface area (Å²) in [6, 6.07) is 24.0. The third kappa shape index (κ3) is 5.23. The van der Waals surface area contributed by atoms with Crippen molar-refractivity contribution in [1.82, 2.24) is 5.01 Å². The Morgan fingerprint density at radius 3 is 2.58 bits per heavy atom. The number of amides is 2. The van der Waals surface area contributed by atoms with E-state index in [9.17, 15) is 14.0 Å². The number of anilines is 1. The minimum atomic E-state index is -0.660. The van der Waals surface area contributed by atoms with Crippen LogP contribution in [0.5, 0.6) is 0 Å². The van der Waals surface area contributed by atoms with Crippen molar-refractivity contribution in [2.75, 3.05) is 5.32 Å². The first-order chi connectivity index (χ1) is 17.5. The molecule has 0 bridgehead atoms. The fourth-order valence-electron chi connectivity index (χ4n) is 4.28. The molecule has 0 radical (unpaired) electrons. The lowest BCUT2D eigenvalue weighted by atomic mass is 9.97. The smallest absolute Gasteiger partial charge is 0.262 e. The van der Waals surface area contributed by atoms with Crippen LogP contribution in [0.4, 0.5) is 10.1 Å². The van der Waals surface area contributed by atoms with E-state index in [0.717, 1.165) is 23.3 Å². The standard InChI is InChI=1S/C28H25FN4O2S/c1-2-18-11-13-20(14-12-18)24-16-23(19-7-4-3-5-8-19)32-33(24)28-31-27(35)25(36-28)17-26(34)30-22-10-6-9-21(29)15-22/h3-15,24-25H,2,16-17H2,1H3,(H,30,34)/t24-,25+/m1/s1. The number of aryl methyl sites for hydroxylation is 1. The van der Waals surface area contributed by atoms with Crippen molar-refractivity contribution in [3.05, 3.63) is 101 Å². The van der Waals surface area contributed by atoms with E-state index in [1.165, 1.54) is 35.5 Å². The Bertz CT molecular complexity index is 1340. The summed E-state index contributed by atoms with van der Waals surface area (Å²) in [4.78, 5) is 29.6. The Balaban J connectivity index is 1.35. The van der Waals surface area contributed by atoms with E-state index >= 15 is 0 Å². The molecule has 2 aliphatic rings. The molecule has 0 saturated heterocycles. The van der Waals surface area contributed by atoms with Gasteiger partial charge in [-0.25, -0.2) is 9.40 Å². The molecular weight excluding hydrogens is 475 g/mol. The van der Waals surface area contributed by atoms with Crippen molar-refractivity contribution in [3.63, 3.8) is 0 Å². The van der Waals surface area contributed by atoms with E-state index in [-0.39, 0.29) is 24.3 Å². The monoisotopic (exact) mass is 500 g/mol. The number of hydrogen-bond acceptors (Lipinski definition) is 5. The van der Waals surface area contributed by atoms with Gasteiger partial charge in [0.05, 0.1) is 11.8 Å². The number of hydrogen-bond donors (Lipinski definition) is 1. The first-order valence-corrected chi connectivity index (χ1v) is 12.7. The van der Waals surface area contributed by atoms with E-state index in [0.29, 0.717) is 17.3 Å². The highest BCUT2D eigenvalue weighted by atomic mass is 32.2. The Morgan fingerprint density at radius 1 is 1.08 bits per heavy atom. The van der Waals surface area contributed by atoms with Crippen molar-refractivity contribution in [2.24, 2.45) is 10.1 Å². The van der Waals surface area contributed by atoms with Crippen molar-refractivity contribution in [3.8, 4) is 0 Å². The molecule has 0 fully saturated rings. The number of nitrogens with one attached hydrogen (secondary N) is 1. The average molecular weight is 501 g/mol. The number of halogens is 1. The Morgan fingerprint density at radius 2 is 1.86 bits per heavy atom. The number of aliphatic imine (C=N–C) groups is 1. The Hall–Kier alpha value is -3.78. The zero-order chi connectivity index (χ0) is 25.1. The van der Waals surface area contributed by atoms with E-state index in [1.807, 2.05) is 35.3 Å². The second-order valence-electron chi connectivity index (χ2n) is 8.67. The topological polar surface area (TPSA) is 74.1 Å². The van der Waals surface area contributed by atoms with E-state index in [4.69, 9.17) is 5.10 Å². The predicted molar refractivity (Wildman–Crippen MR) is 141 cm³/mol. The summed E-state index contributed by atoms with van der Waals surface area (Å²) in [6.07, 6.45) is 1.57. The SMILES string of the molecule is CCc1ccc([C@H]2CC(c3ccccc3)=NN2C2=NC(=O)[C@H](CC(=O)Nc3cccc(F)c3)S2)cc1. The maximum absolute atomic E-state index is 13.4. The first kappa shape index (κ1) is 23.9. The molecule has 2 heterocycles. The lowest BCUT2D eigenvalue weighted by Gasteiger charge is -2.23. The number of carbonyl (C=O) groups is 2. The number of thioether (sulfide) groups is 1. The van der Waals surface area contributed by atoms with Crippen molar-refractivity contribution < 1.29 is 14.0 Å². The van der Waals surface area contributed by atoms with Gasteiger partial charge in [0, 0.05) is 18.5 Å². The molecule has 0 aromatic heterocycles. The number of rotatable bonds is 6. The third-order valence-corrected chi connectivity index (χ3v) is 7.34.